The number of nitrogens with zero attached hydrogens (tertiary/aromatic N) is 5. The van der Waals surface area contributed by atoms with Crippen LogP contribution in [0, 0.1) is 5.82 Å². The van der Waals surface area contributed by atoms with Crippen molar-refractivity contribution in [3.05, 3.63) is 23.6 Å². The van der Waals surface area contributed by atoms with E-state index in [1.54, 1.807) is 6.92 Å². The molecule has 15 heteroatoms. The molecule has 5 heterocycles. The van der Waals surface area contributed by atoms with Crippen molar-refractivity contribution in [1.82, 2.24) is 24.7 Å². The second-order valence-corrected chi connectivity index (χ2v) is 8.68. The molecular formula is C20H15F6N7O2. The van der Waals surface area contributed by atoms with E-state index in [0.29, 0.717) is 5.56 Å². The molecule has 0 bridgehead atoms. The summed E-state index contributed by atoms with van der Waals surface area (Å²) in [5, 5.41) is 9.16. The average molecular weight is 499 g/mol. The Labute approximate surface area is 191 Å². The molecule has 2 aliphatic rings. The van der Waals surface area contributed by atoms with Crippen molar-refractivity contribution in [3.63, 3.8) is 0 Å². The molecule has 3 aromatic heterocycles. The van der Waals surface area contributed by atoms with Crippen molar-refractivity contribution in [3.8, 4) is 11.5 Å². The number of nitrogens with one attached hydrogen (secondary N) is 2. The van der Waals surface area contributed by atoms with Gasteiger partial charge in [-0.15, -0.1) is 0 Å². The van der Waals surface area contributed by atoms with E-state index in [-0.39, 0.29) is 47.0 Å². The molecule has 2 N–H and O–H groups in total. The largest absolute Gasteiger partial charge is 0.453 e. The zero-order valence-corrected chi connectivity index (χ0v) is 17.8. The van der Waals surface area contributed by atoms with Gasteiger partial charge in [-0.3, -0.25) is 9.59 Å². The van der Waals surface area contributed by atoms with E-state index in [0.717, 1.165) is 16.9 Å². The number of hydrogen-bond donors (Lipinski definition) is 2. The number of rotatable bonds is 4. The molecule has 2 amide bonds. The minimum atomic E-state index is -5.76. The third-order valence-corrected chi connectivity index (χ3v) is 5.95. The molecule has 0 unspecified atom stereocenters. The van der Waals surface area contributed by atoms with Crippen LogP contribution in [0.15, 0.2) is 12.3 Å². The topological polar surface area (TPSA) is 115 Å². The van der Waals surface area contributed by atoms with Crippen LogP contribution >= 0.6 is 0 Å². The number of alkyl halides is 5. The van der Waals surface area contributed by atoms with E-state index in [9.17, 15) is 35.9 Å². The lowest BCUT2D eigenvalue weighted by Gasteiger charge is -2.38. The fourth-order valence-electron chi connectivity index (χ4n) is 4.36. The second-order valence-electron chi connectivity index (χ2n) is 8.68. The number of pyridine rings is 1. The standard InChI is InChI=1S/C20H15F6N7O2/c1-18-5-10(34)28-14-12(18)15(29-11(35)6-18)31-16(30-14)13-9-4-8(21)7-27-17(9)33(32-13)3-2-19(22,23)20(24,25)26/h4,7H,2-3,5-6H2,1H3,(H2,28,29,30,31,34,35). The van der Waals surface area contributed by atoms with Gasteiger partial charge in [-0.25, -0.2) is 24.0 Å². The molecule has 0 saturated carbocycles. The molecule has 0 fully saturated rings. The van der Waals surface area contributed by atoms with Crippen LogP contribution in [0.5, 0.6) is 0 Å². The highest BCUT2D eigenvalue weighted by Gasteiger charge is 2.56. The number of amides is 2. The van der Waals surface area contributed by atoms with Crippen molar-refractivity contribution >= 4 is 34.5 Å². The maximum atomic E-state index is 14.0. The normalized spacial score (nSPS) is 17.2. The van der Waals surface area contributed by atoms with Gasteiger partial charge in [0, 0.05) is 36.8 Å². The molecule has 0 spiro atoms. The van der Waals surface area contributed by atoms with Crippen LogP contribution in [0.4, 0.5) is 38.0 Å². The number of aromatic nitrogens is 5. The Kier molecular flexibility index (Phi) is 4.83. The molecule has 2 aliphatic heterocycles. The van der Waals surface area contributed by atoms with Gasteiger partial charge in [-0.05, 0) is 6.07 Å². The number of hydrogen-bond acceptors (Lipinski definition) is 6. The zero-order valence-electron chi connectivity index (χ0n) is 17.8. The molecule has 0 saturated heterocycles. The highest BCUT2D eigenvalue weighted by atomic mass is 19.4. The van der Waals surface area contributed by atoms with Crippen molar-refractivity contribution in [2.24, 2.45) is 0 Å². The summed E-state index contributed by atoms with van der Waals surface area (Å²) >= 11 is 0. The van der Waals surface area contributed by atoms with Gasteiger partial charge in [-0.2, -0.15) is 27.1 Å². The van der Waals surface area contributed by atoms with Gasteiger partial charge >= 0.3 is 12.1 Å². The average Bonchev–Trinajstić information content (AvgIpc) is 3.07. The Morgan fingerprint density at radius 2 is 1.66 bits per heavy atom. The molecule has 0 radical (unpaired) electrons. The first-order valence-corrected chi connectivity index (χ1v) is 10.3. The van der Waals surface area contributed by atoms with Gasteiger partial charge in [0.15, 0.2) is 11.5 Å². The predicted octanol–water partition coefficient (Wildman–Crippen LogP) is 3.56. The molecule has 35 heavy (non-hydrogen) atoms. The zero-order chi connectivity index (χ0) is 25.3. The third kappa shape index (κ3) is 3.74. The summed E-state index contributed by atoms with van der Waals surface area (Å²) in [6.45, 7) is 0.811. The minimum absolute atomic E-state index is 0.0171. The summed E-state index contributed by atoms with van der Waals surface area (Å²) in [5.74, 6) is -6.67. The summed E-state index contributed by atoms with van der Waals surface area (Å²) < 4.78 is 79.6. The number of anilines is 2. The third-order valence-electron chi connectivity index (χ3n) is 5.95. The summed E-state index contributed by atoms with van der Waals surface area (Å²) in [7, 11) is 0. The van der Waals surface area contributed by atoms with E-state index in [1.165, 1.54) is 0 Å². The summed E-state index contributed by atoms with van der Waals surface area (Å²) in [5.41, 5.74) is -0.736. The lowest BCUT2D eigenvalue weighted by atomic mass is 9.73. The Bertz CT molecular complexity index is 1360. The maximum Gasteiger partial charge on any atom is 0.453 e. The van der Waals surface area contributed by atoms with E-state index in [2.05, 4.69) is 30.7 Å². The lowest BCUT2D eigenvalue weighted by Crippen LogP contribution is -2.43. The minimum Gasteiger partial charge on any atom is -0.310 e. The fraction of sp³-hybridized carbons (Fsp3) is 0.400. The smallest absolute Gasteiger partial charge is 0.310 e. The summed E-state index contributed by atoms with van der Waals surface area (Å²) in [6.07, 6.45) is -6.60. The number of carbonyl (C=O) groups is 2. The highest BCUT2D eigenvalue weighted by Crippen LogP contribution is 2.46. The Balaban J connectivity index is 1.64. The van der Waals surface area contributed by atoms with Crippen LogP contribution in [0.25, 0.3) is 22.6 Å². The second kappa shape index (κ2) is 7.36. The molecule has 0 aromatic carbocycles. The summed E-state index contributed by atoms with van der Waals surface area (Å²) in [6, 6.07) is 0.957. The summed E-state index contributed by atoms with van der Waals surface area (Å²) in [4.78, 5) is 36.9. The van der Waals surface area contributed by atoms with Crippen LogP contribution in [-0.4, -0.2) is 48.6 Å². The van der Waals surface area contributed by atoms with E-state index in [4.69, 9.17) is 0 Å². The first-order valence-electron chi connectivity index (χ1n) is 10.3. The van der Waals surface area contributed by atoms with Crippen LogP contribution in [-0.2, 0) is 21.5 Å². The van der Waals surface area contributed by atoms with Gasteiger partial charge in [0.1, 0.15) is 23.1 Å². The number of halogens is 6. The van der Waals surface area contributed by atoms with Crippen LogP contribution in [0.3, 0.4) is 0 Å². The van der Waals surface area contributed by atoms with Gasteiger partial charge in [0.25, 0.3) is 0 Å². The molecule has 0 aliphatic carbocycles. The van der Waals surface area contributed by atoms with E-state index in [1.807, 2.05) is 0 Å². The quantitative estimate of drug-likeness (QED) is 0.531. The molecule has 3 aromatic rings. The number of fused-ring (bicyclic) bond motifs is 1. The monoisotopic (exact) mass is 499 g/mol. The molecule has 9 nitrogen and oxygen atoms in total. The van der Waals surface area contributed by atoms with Crippen molar-refractivity contribution < 1.29 is 35.9 Å². The van der Waals surface area contributed by atoms with Gasteiger partial charge in [0.2, 0.25) is 11.8 Å². The van der Waals surface area contributed by atoms with Crippen molar-refractivity contribution in [1.29, 1.82) is 0 Å². The highest BCUT2D eigenvalue weighted by molar-refractivity contribution is 6.03. The van der Waals surface area contributed by atoms with Gasteiger partial charge in [-0.1, -0.05) is 6.92 Å². The van der Waals surface area contributed by atoms with Crippen LogP contribution in [0.1, 0.15) is 31.7 Å². The first-order chi connectivity index (χ1) is 16.3. The van der Waals surface area contributed by atoms with Gasteiger partial charge < -0.3 is 10.6 Å². The van der Waals surface area contributed by atoms with Crippen LogP contribution < -0.4 is 10.6 Å². The lowest BCUT2D eigenvalue weighted by molar-refractivity contribution is -0.285. The first kappa shape index (κ1) is 23.0. The Morgan fingerprint density at radius 1 is 1.06 bits per heavy atom. The van der Waals surface area contributed by atoms with Crippen molar-refractivity contribution in [2.75, 3.05) is 10.6 Å². The van der Waals surface area contributed by atoms with Crippen molar-refractivity contribution in [2.45, 2.75) is 50.2 Å². The molecule has 0 atom stereocenters. The van der Waals surface area contributed by atoms with E-state index < -0.39 is 48.1 Å². The Hall–Kier alpha value is -3.78. The Morgan fingerprint density at radius 3 is 2.23 bits per heavy atom. The fourth-order valence-corrected chi connectivity index (χ4v) is 4.36. The maximum absolute atomic E-state index is 14.0. The van der Waals surface area contributed by atoms with Gasteiger partial charge in [0.05, 0.1) is 11.6 Å². The number of carbonyl (C=O) groups excluding carboxylic acids is 2. The molecular weight excluding hydrogens is 484 g/mol. The SMILES string of the molecule is CC12CC(=O)Nc3nc(-c4nn(CCC(F)(F)C(F)(F)F)c5ncc(F)cc45)nc(c31)NC(=O)C2. The molecule has 184 valence electrons. The van der Waals surface area contributed by atoms with E-state index >= 15 is 0 Å². The molecule has 5 rings (SSSR count). The number of aryl methyl sites for hydroxylation is 1. The van der Waals surface area contributed by atoms with Crippen LogP contribution in [0.2, 0.25) is 0 Å². The predicted molar refractivity (Wildman–Crippen MR) is 108 cm³/mol.